The maximum absolute atomic E-state index is 12.4. The Morgan fingerprint density at radius 1 is 0.870 bits per heavy atom. The first kappa shape index (κ1) is 15.8. The first-order chi connectivity index (χ1) is 11.3. The fourth-order valence-corrected chi connectivity index (χ4v) is 3.44. The summed E-state index contributed by atoms with van der Waals surface area (Å²) in [5.41, 5.74) is 1.98. The SMILES string of the molecule is O=C(O[C@@H]1CCCCC[C@H]1Cc1ccccc1)c1ccccc1. The molecule has 23 heavy (non-hydrogen) atoms. The van der Waals surface area contributed by atoms with Crippen LogP contribution in [0, 0.1) is 5.92 Å². The Hall–Kier alpha value is -2.09. The third-order valence-corrected chi connectivity index (χ3v) is 4.70. The molecule has 3 rings (SSSR count). The van der Waals surface area contributed by atoms with Gasteiger partial charge in [0.1, 0.15) is 6.10 Å². The minimum atomic E-state index is -0.185. The van der Waals surface area contributed by atoms with Gasteiger partial charge in [-0.15, -0.1) is 0 Å². The van der Waals surface area contributed by atoms with E-state index < -0.39 is 0 Å². The highest BCUT2D eigenvalue weighted by molar-refractivity contribution is 5.89. The second kappa shape index (κ2) is 7.96. The predicted molar refractivity (Wildman–Crippen MR) is 92.4 cm³/mol. The van der Waals surface area contributed by atoms with Crippen molar-refractivity contribution in [3.8, 4) is 0 Å². The summed E-state index contributed by atoms with van der Waals surface area (Å²) >= 11 is 0. The molecule has 2 heteroatoms. The molecule has 0 aliphatic heterocycles. The van der Waals surface area contributed by atoms with Crippen LogP contribution in [0.5, 0.6) is 0 Å². The maximum Gasteiger partial charge on any atom is 0.338 e. The molecule has 1 saturated carbocycles. The zero-order valence-electron chi connectivity index (χ0n) is 13.5. The normalized spacial score (nSPS) is 21.4. The van der Waals surface area contributed by atoms with E-state index in [9.17, 15) is 4.79 Å². The molecule has 2 atom stereocenters. The Labute approximate surface area is 138 Å². The third kappa shape index (κ3) is 4.44. The largest absolute Gasteiger partial charge is 0.458 e. The lowest BCUT2D eigenvalue weighted by Gasteiger charge is -2.25. The van der Waals surface area contributed by atoms with Crippen molar-refractivity contribution in [2.45, 2.75) is 44.6 Å². The summed E-state index contributed by atoms with van der Waals surface area (Å²) < 4.78 is 5.90. The van der Waals surface area contributed by atoms with E-state index in [4.69, 9.17) is 4.74 Å². The first-order valence-corrected chi connectivity index (χ1v) is 8.63. The average molecular weight is 308 g/mol. The van der Waals surface area contributed by atoms with Gasteiger partial charge in [0.25, 0.3) is 0 Å². The lowest BCUT2D eigenvalue weighted by atomic mass is 9.90. The number of hydrogen-bond donors (Lipinski definition) is 0. The van der Waals surface area contributed by atoms with Gasteiger partial charge in [0.15, 0.2) is 0 Å². The summed E-state index contributed by atoms with van der Waals surface area (Å²) in [4.78, 5) is 12.4. The molecule has 0 unspecified atom stereocenters. The maximum atomic E-state index is 12.4. The standard InChI is InChI=1S/C21H24O2/c22-21(18-12-6-2-7-13-18)23-20-15-9-3-8-14-19(20)16-17-10-4-1-5-11-17/h1-2,4-7,10-13,19-20H,3,8-9,14-16H2/t19-,20+/m0/s1. The minimum Gasteiger partial charge on any atom is -0.458 e. The molecule has 2 nitrogen and oxygen atoms in total. The van der Waals surface area contributed by atoms with Gasteiger partial charge >= 0.3 is 5.97 Å². The number of hydrogen-bond acceptors (Lipinski definition) is 2. The zero-order valence-corrected chi connectivity index (χ0v) is 13.5. The van der Waals surface area contributed by atoms with Crippen LogP contribution in [-0.4, -0.2) is 12.1 Å². The average Bonchev–Trinajstić information content (AvgIpc) is 2.82. The van der Waals surface area contributed by atoms with E-state index in [0.29, 0.717) is 11.5 Å². The molecular formula is C21H24O2. The van der Waals surface area contributed by atoms with Gasteiger partial charge in [-0.05, 0) is 49.3 Å². The molecule has 0 spiro atoms. The van der Waals surface area contributed by atoms with Crippen LogP contribution in [0.2, 0.25) is 0 Å². The van der Waals surface area contributed by atoms with Crippen molar-refractivity contribution >= 4 is 5.97 Å². The molecule has 0 radical (unpaired) electrons. The van der Waals surface area contributed by atoms with Crippen molar-refractivity contribution in [2.24, 2.45) is 5.92 Å². The van der Waals surface area contributed by atoms with Crippen LogP contribution in [0.1, 0.15) is 48.0 Å². The number of esters is 1. The van der Waals surface area contributed by atoms with Crippen molar-refractivity contribution in [2.75, 3.05) is 0 Å². The summed E-state index contributed by atoms with van der Waals surface area (Å²) in [6, 6.07) is 19.9. The lowest BCUT2D eigenvalue weighted by molar-refractivity contribution is 0.0116. The van der Waals surface area contributed by atoms with Crippen LogP contribution in [-0.2, 0) is 11.2 Å². The van der Waals surface area contributed by atoms with Crippen LogP contribution in [0.4, 0.5) is 0 Å². The molecule has 0 saturated heterocycles. The van der Waals surface area contributed by atoms with Crippen LogP contribution < -0.4 is 0 Å². The summed E-state index contributed by atoms with van der Waals surface area (Å²) in [5, 5.41) is 0. The highest BCUT2D eigenvalue weighted by Crippen LogP contribution is 2.29. The van der Waals surface area contributed by atoms with Gasteiger partial charge in [0.05, 0.1) is 5.56 Å². The van der Waals surface area contributed by atoms with E-state index in [1.807, 2.05) is 36.4 Å². The topological polar surface area (TPSA) is 26.3 Å². The fraction of sp³-hybridized carbons (Fsp3) is 0.381. The van der Waals surface area contributed by atoms with Crippen molar-refractivity contribution in [3.05, 3.63) is 71.8 Å². The van der Waals surface area contributed by atoms with Gasteiger partial charge in [0.2, 0.25) is 0 Å². The van der Waals surface area contributed by atoms with Crippen LogP contribution >= 0.6 is 0 Å². The van der Waals surface area contributed by atoms with E-state index in [2.05, 4.69) is 24.3 Å². The van der Waals surface area contributed by atoms with Crippen LogP contribution in [0.15, 0.2) is 60.7 Å². The second-order valence-corrected chi connectivity index (χ2v) is 6.40. The molecule has 2 aromatic carbocycles. The smallest absolute Gasteiger partial charge is 0.338 e. The summed E-state index contributed by atoms with van der Waals surface area (Å²) in [6.07, 6.45) is 6.77. The summed E-state index contributed by atoms with van der Waals surface area (Å²) in [6.45, 7) is 0. The first-order valence-electron chi connectivity index (χ1n) is 8.63. The minimum absolute atomic E-state index is 0.0328. The lowest BCUT2D eigenvalue weighted by Crippen LogP contribution is -2.27. The van der Waals surface area contributed by atoms with E-state index in [-0.39, 0.29) is 12.1 Å². The van der Waals surface area contributed by atoms with Crippen molar-refractivity contribution in [1.82, 2.24) is 0 Å². The van der Waals surface area contributed by atoms with Gasteiger partial charge in [-0.25, -0.2) is 4.79 Å². The summed E-state index contributed by atoms with van der Waals surface area (Å²) in [7, 11) is 0. The third-order valence-electron chi connectivity index (χ3n) is 4.70. The van der Waals surface area contributed by atoms with Gasteiger partial charge in [-0.3, -0.25) is 0 Å². The second-order valence-electron chi connectivity index (χ2n) is 6.40. The van der Waals surface area contributed by atoms with Crippen molar-refractivity contribution < 1.29 is 9.53 Å². The fourth-order valence-electron chi connectivity index (χ4n) is 3.44. The number of carbonyl (C=O) groups is 1. The van der Waals surface area contributed by atoms with E-state index in [1.165, 1.54) is 18.4 Å². The predicted octanol–water partition coefficient (Wildman–Crippen LogP) is 5.04. The Morgan fingerprint density at radius 3 is 2.26 bits per heavy atom. The molecular weight excluding hydrogens is 284 g/mol. The monoisotopic (exact) mass is 308 g/mol. The van der Waals surface area contributed by atoms with Crippen LogP contribution in [0.3, 0.4) is 0 Å². The highest BCUT2D eigenvalue weighted by atomic mass is 16.5. The molecule has 0 amide bonds. The molecule has 1 aliphatic rings. The quantitative estimate of drug-likeness (QED) is 0.584. The van der Waals surface area contributed by atoms with Gasteiger partial charge in [-0.2, -0.15) is 0 Å². The summed E-state index contributed by atoms with van der Waals surface area (Å²) in [5.74, 6) is 0.239. The number of ether oxygens (including phenoxy) is 1. The van der Waals surface area contributed by atoms with Gasteiger partial charge in [0, 0.05) is 0 Å². The van der Waals surface area contributed by atoms with Gasteiger partial charge < -0.3 is 4.74 Å². The van der Waals surface area contributed by atoms with E-state index >= 15 is 0 Å². The Morgan fingerprint density at radius 2 is 1.52 bits per heavy atom. The highest BCUT2D eigenvalue weighted by Gasteiger charge is 2.27. The Balaban J connectivity index is 1.70. The molecule has 120 valence electrons. The van der Waals surface area contributed by atoms with Crippen LogP contribution in [0.25, 0.3) is 0 Å². The van der Waals surface area contributed by atoms with E-state index in [0.717, 1.165) is 25.7 Å². The molecule has 0 N–H and O–H groups in total. The molecule has 1 fully saturated rings. The molecule has 2 aromatic rings. The molecule has 0 bridgehead atoms. The number of carbonyl (C=O) groups excluding carboxylic acids is 1. The zero-order chi connectivity index (χ0) is 15.9. The van der Waals surface area contributed by atoms with E-state index in [1.54, 1.807) is 0 Å². The number of benzene rings is 2. The molecule has 0 aromatic heterocycles. The van der Waals surface area contributed by atoms with Crippen molar-refractivity contribution in [1.29, 1.82) is 0 Å². The Bertz CT molecular complexity index is 606. The van der Waals surface area contributed by atoms with Gasteiger partial charge in [-0.1, -0.05) is 61.4 Å². The molecule has 0 heterocycles. The van der Waals surface area contributed by atoms with Crippen molar-refractivity contribution in [3.63, 3.8) is 0 Å². The Kier molecular flexibility index (Phi) is 5.46. The molecule has 1 aliphatic carbocycles. The number of rotatable bonds is 4.